The summed E-state index contributed by atoms with van der Waals surface area (Å²) < 4.78 is 36.4. The third-order valence-electron chi connectivity index (χ3n) is 3.79. The molecule has 1 heterocycles. The van der Waals surface area contributed by atoms with Crippen LogP contribution in [0.1, 0.15) is 25.7 Å². The zero-order valence-electron chi connectivity index (χ0n) is 9.54. The maximum Gasteiger partial charge on any atom is 0.397 e. The summed E-state index contributed by atoms with van der Waals surface area (Å²) in [6.45, 7) is 0.930. The molecule has 2 aliphatic rings. The lowest BCUT2D eigenvalue weighted by Crippen LogP contribution is -2.33. The summed E-state index contributed by atoms with van der Waals surface area (Å²) in [5, 5.41) is 0. The van der Waals surface area contributed by atoms with Crippen LogP contribution in [0.25, 0.3) is 0 Å². The van der Waals surface area contributed by atoms with Gasteiger partial charge in [0, 0.05) is 19.1 Å². The molecule has 0 aromatic heterocycles. The zero-order valence-corrected chi connectivity index (χ0v) is 9.54. The third-order valence-corrected chi connectivity index (χ3v) is 3.79. The van der Waals surface area contributed by atoms with Gasteiger partial charge >= 0.3 is 6.18 Å². The van der Waals surface area contributed by atoms with Crippen molar-refractivity contribution in [3.05, 3.63) is 0 Å². The number of rotatable bonds is 1. The van der Waals surface area contributed by atoms with E-state index in [1.54, 1.807) is 0 Å². The average molecular weight is 250 g/mol. The second-order valence-electron chi connectivity index (χ2n) is 5.18. The Morgan fingerprint density at radius 2 is 1.88 bits per heavy atom. The van der Waals surface area contributed by atoms with Crippen LogP contribution in [0.2, 0.25) is 0 Å². The average Bonchev–Trinajstić information content (AvgIpc) is 2.57. The van der Waals surface area contributed by atoms with Gasteiger partial charge < -0.3 is 10.6 Å². The molecule has 17 heavy (non-hydrogen) atoms. The Morgan fingerprint density at radius 3 is 2.53 bits per heavy atom. The fourth-order valence-corrected chi connectivity index (χ4v) is 2.95. The first kappa shape index (κ1) is 12.7. The minimum Gasteiger partial charge on any atom is -0.342 e. The minimum atomic E-state index is -4.40. The summed E-state index contributed by atoms with van der Waals surface area (Å²) in [5.41, 5.74) is 5.83. The molecule has 2 fully saturated rings. The summed E-state index contributed by atoms with van der Waals surface area (Å²) in [6, 6.07) is 0.147. The molecule has 0 spiro atoms. The summed E-state index contributed by atoms with van der Waals surface area (Å²) in [5.74, 6) is -0.136. The topological polar surface area (TPSA) is 46.3 Å². The van der Waals surface area contributed by atoms with Crippen molar-refractivity contribution in [2.75, 3.05) is 13.1 Å². The van der Waals surface area contributed by atoms with Crippen LogP contribution < -0.4 is 5.73 Å². The fourth-order valence-electron chi connectivity index (χ4n) is 2.95. The Hall–Kier alpha value is -0.780. The van der Waals surface area contributed by atoms with Crippen molar-refractivity contribution < 1.29 is 18.0 Å². The number of alkyl halides is 3. The van der Waals surface area contributed by atoms with Gasteiger partial charge in [0.1, 0.15) is 6.42 Å². The highest BCUT2D eigenvalue weighted by Crippen LogP contribution is 2.36. The van der Waals surface area contributed by atoms with Crippen molar-refractivity contribution in [1.29, 1.82) is 0 Å². The van der Waals surface area contributed by atoms with Crippen molar-refractivity contribution in [3.63, 3.8) is 0 Å². The first-order valence-electron chi connectivity index (χ1n) is 5.95. The molecule has 3 nitrogen and oxygen atoms in total. The van der Waals surface area contributed by atoms with Gasteiger partial charge in [0.25, 0.3) is 0 Å². The van der Waals surface area contributed by atoms with Crippen molar-refractivity contribution in [1.82, 2.24) is 4.90 Å². The summed E-state index contributed by atoms with van der Waals surface area (Å²) >= 11 is 0. The highest BCUT2D eigenvalue weighted by Gasteiger charge is 2.41. The molecule has 6 heteroatoms. The van der Waals surface area contributed by atoms with E-state index in [0.717, 1.165) is 19.3 Å². The van der Waals surface area contributed by atoms with E-state index in [-0.39, 0.29) is 6.04 Å². The van der Waals surface area contributed by atoms with Gasteiger partial charge in [-0.25, -0.2) is 0 Å². The maximum absolute atomic E-state index is 12.1. The van der Waals surface area contributed by atoms with Gasteiger partial charge in [0.05, 0.1) is 0 Å². The monoisotopic (exact) mass is 250 g/mol. The van der Waals surface area contributed by atoms with E-state index < -0.39 is 18.5 Å². The molecule has 1 saturated heterocycles. The quantitative estimate of drug-likeness (QED) is 0.767. The first-order chi connectivity index (χ1) is 7.85. The van der Waals surface area contributed by atoms with Gasteiger partial charge in [-0.15, -0.1) is 0 Å². The SMILES string of the molecule is NC1CC[C@H]2CN(C(=O)CC(F)(F)F)C[C@H]2C1. The molecule has 98 valence electrons. The molecule has 3 atom stereocenters. The van der Waals surface area contributed by atoms with E-state index >= 15 is 0 Å². The van der Waals surface area contributed by atoms with E-state index in [1.165, 1.54) is 4.90 Å². The summed E-state index contributed by atoms with van der Waals surface area (Å²) in [6.07, 6.45) is -3.05. The number of fused-ring (bicyclic) bond motifs is 1. The van der Waals surface area contributed by atoms with Crippen LogP contribution in [0.3, 0.4) is 0 Å². The van der Waals surface area contributed by atoms with Crippen LogP contribution in [0.5, 0.6) is 0 Å². The largest absolute Gasteiger partial charge is 0.397 e. The molecule has 1 saturated carbocycles. The van der Waals surface area contributed by atoms with Crippen LogP contribution in [0, 0.1) is 11.8 Å². The summed E-state index contributed by atoms with van der Waals surface area (Å²) in [4.78, 5) is 12.8. The van der Waals surface area contributed by atoms with E-state index in [2.05, 4.69) is 0 Å². The molecular weight excluding hydrogens is 233 g/mol. The molecule has 1 aliphatic carbocycles. The summed E-state index contributed by atoms with van der Waals surface area (Å²) in [7, 11) is 0. The molecular formula is C11H17F3N2O. The Morgan fingerprint density at radius 1 is 1.24 bits per heavy atom. The van der Waals surface area contributed by atoms with E-state index in [1.807, 2.05) is 0 Å². The lowest BCUT2D eigenvalue weighted by molar-refractivity contribution is -0.160. The molecule has 0 bridgehead atoms. The van der Waals surface area contributed by atoms with Gasteiger partial charge in [-0.05, 0) is 31.1 Å². The molecule has 1 unspecified atom stereocenters. The Bertz CT molecular complexity index is 306. The second kappa shape index (κ2) is 4.48. The van der Waals surface area contributed by atoms with Gasteiger partial charge in [0.2, 0.25) is 5.91 Å². The van der Waals surface area contributed by atoms with Gasteiger partial charge in [-0.1, -0.05) is 0 Å². The molecule has 1 amide bonds. The van der Waals surface area contributed by atoms with Crippen LogP contribution in [0.4, 0.5) is 13.2 Å². The molecule has 2 rings (SSSR count). The predicted molar refractivity (Wildman–Crippen MR) is 56.1 cm³/mol. The number of nitrogens with two attached hydrogens (primary N) is 1. The van der Waals surface area contributed by atoms with Crippen LogP contribution >= 0.6 is 0 Å². The van der Waals surface area contributed by atoms with E-state index in [4.69, 9.17) is 5.73 Å². The number of amides is 1. The highest BCUT2D eigenvalue weighted by atomic mass is 19.4. The second-order valence-corrected chi connectivity index (χ2v) is 5.18. The fraction of sp³-hybridized carbons (Fsp3) is 0.909. The Kier molecular flexibility index (Phi) is 3.34. The highest BCUT2D eigenvalue weighted by molar-refractivity contribution is 5.77. The van der Waals surface area contributed by atoms with Gasteiger partial charge in [-0.2, -0.15) is 13.2 Å². The molecule has 2 N–H and O–H groups in total. The number of halogens is 3. The number of carbonyl (C=O) groups excluding carboxylic acids is 1. The Balaban J connectivity index is 1.91. The van der Waals surface area contributed by atoms with Crippen molar-refractivity contribution in [2.24, 2.45) is 17.6 Å². The molecule has 0 aromatic carbocycles. The normalized spacial score (nSPS) is 33.6. The predicted octanol–water partition coefficient (Wildman–Crippen LogP) is 1.52. The number of nitrogens with zero attached hydrogens (tertiary/aromatic N) is 1. The van der Waals surface area contributed by atoms with E-state index in [9.17, 15) is 18.0 Å². The standard InChI is InChI=1S/C11H17F3N2O/c12-11(13,14)4-10(17)16-5-7-1-2-9(15)3-8(7)6-16/h7-9H,1-6,15H2/t7-,8+,9?/m0/s1. The van der Waals surface area contributed by atoms with Gasteiger partial charge in [0.15, 0.2) is 0 Å². The lowest BCUT2D eigenvalue weighted by atomic mass is 9.79. The lowest BCUT2D eigenvalue weighted by Gasteiger charge is -2.27. The molecule has 0 radical (unpaired) electrons. The number of hydrogen-bond acceptors (Lipinski definition) is 2. The van der Waals surface area contributed by atoms with Crippen LogP contribution in [-0.4, -0.2) is 36.1 Å². The molecule has 0 aromatic rings. The Labute approximate surface area is 98.1 Å². The van der Waals surface area contributed by atoms with Gasteiger partial charge in [-0.3, -0.25) is 4.79 Å². The number of likely N-dealkylation sites (tertiary alicyclic amines) is 1. The minimum absolute atomic E-state index is 0.147. The number of hydrogen-bond donors (Lipinski definition) is 1. The van der Waals surface area contributed by atoms with Crippen LogP contribution in [0.15, 0.2) is 0 Å². The van der Waals surface area contributed by atoms with Crippen molar-refractivity contribution in [2.45, 2.75) is 37.9 Å². The maximum atomic E-state index is 12.1. The molecule has 1 aliphatic heterocycles. The first-order valence-corrected chi connectivity index (χ1v) is 5.95. The number of carbonyl (C=O) groups is 1. The third kappa shape index (κ3) is 3.12. The van der Waals surface area contributed by atoms with E-state index in [0.29, 0.717) is 24.9 Å². The van der Waals surface area contributed by atoms with Crippen LogP contribution in [-0.2, 0) is 4.79 Å². The van der Waals surface area contributed by atoms with Crippen molar-refractivity contribution >= 4 is 5.91 Å². The smallest absolute Gasteiger partial charge is 0.342 e. The zero-order chi connectivity index (χ0) is 12.6. The van der Waals surface area contributed by atoms with Crippen molar-refractivity contribution in [3.8, 4) is 0 Å².